The Morgan fingerprint density at radius 3 is 2.64 bits per heavy atom. The smallest absolute Gasteiger partial charge is 0.252 e. The van der Waals surface area contributed by atoms with Crippen molar-refractivity contribution in [3.05, 3.63) is 28.8 Å². The number of nitrogens with one attached hydrogen (secondary N) is 3. The van der Waals surface area contributed by atoms with Gasteiger partial charge in [-0.2, -0.15) is 0 Å². The Balaban J connectivity index is 0.00000242. The quantitative estimate of drug-likeness (QED) is 0.784. The lowest BCUT2D eigenvalue weighted by atomic mass is 9.94. The maximum Gasteiger partial charge on any atom is 0.252 e. The zero-order valence-electron chi connectivity index (χ0n) is 12.4. The fourth-order valence-electron chi connectivity index (χ4n) is 2.47. The van der Waals surface area contributed by atoms with E-state index in [1.807, 2.05) is 0 Å². The topological polar surface area (TPSA) is 70.2 Å². The van der Waals surface area contributed by atoms with Crippen LogP contribution in [0, 0.1) is 5.92 Å². The Hall–Kier alpha value is -1.30. The molecule has 0 aromatic heterocycles. The fraction of sp³-hybridized carbons (Fsp3) is 0.467. The molecule has 0 radical (unpaired) electrons. The summed E-state index contributed by atoms with van der Waals surface area (Å²) in [6.07, 6.45) is 2.56. The van der Waals surface area contributed by atoms with Gasteiger partial charge in [0.05, 0.1) is 10.6 Å². The van der Waals surface area contributed by atoms with E-state index >= 15 is 0 Å². The molecule has 3 N–H and O–H groups in total. The molecule has 1 aromatic carbocycles. The molecular formula is C15H21Cl2N3O2. The maximum atomic E-state index is 12.1. The summed E-state index contributed by atoms with van der Waals surface area (Å²) in [6, 6.07) is 4.92. The van der Waals surface area contributed by atoms with Gasteiger partial charge >= 0.3 is 0 Å². The van der Waals surface area contributed by atoms with Crippen LogP contribution in [0.4, 0.5) is 5.69 Å². The second kappa shape index (κ2) is 8.98. The average molecular weight is 346 g/mol. The van der Waals surface area contributed by atoms with Crippen LogP contribution in [0.2, 0.25) is 5.02 Å². The summed E-state index contributed by atoms with van der Waals surface area (Å²) in [4.78, 5) is 23.7. The van der Waals surface area contributed by atoms with Crippen molar-refractivity contribution in [3.63, 3.8) is 0 Å². The Kier molecular flexibility index (Phi) is 7.65. The van der Waals surface area contributed by atoms with Crippen molar-refractivity contribution in [1.82, 2.24) is 10.6 Å². The van der Waals surface area contributed by atoms with Crippen LogP contribution in [0.5, 0.6) is 0 Å². The normalized spacial score (nSPS) is 14.8. The van der Waals surface area contributed by atoms with Gasteiger partial charge < -0.3 is 16.0 Å². The van der Waals surface area contributed by atoms with E-state index < -0.39 is 0 Å². The molecule has 5 nitrogen and oxygen atoms in total. The summed E-state index contributed by atoms with van der Waals surface area (Å²) in [5.41, 5.74) is 0.954. The molecule has 122 valence electrons. The van der Waals surface area contributed by atoms with Gasteiger partial charge in [-0.25, -0.2) is 0 Å². The van der Waals surface area contributed by atoms with Gasteiger partial charge in [-0.15, -0.1) is 12.4 Å². The number of benzene rings is 1. The standard InChI is InChI=1S/C15H20ClN3O2.ClH/c1-17-15(21)12-9-11(2-3-13(12)16)19-14(20)8-10-4-6-18-7-5-10;/h2-3,9-10,18H,4-8H2,1H3,(H,17,21)(H,19,20);1H. The van der Waals surface area contributed by atoms with Gasteiger partial charge in [0.2, 0.25) is 5.91 Å². The Morgan fingerprint density at radius 1 is 1.32 bits per heavy atom. The van der Waals surface area contributed by atoms with E-state index in [0.717, 1.165) is 25.9 Å². The molecular weight excluding hydrogens is 325 g/mol. The van der Waals surface area contributed by atoms with Crippen molar-refractivity contribution in [2.75, 3.05) is 25.5 Å². The lowest BCUT2D eigenvalue weighted by molar-refractivity contribution is -0.117. The van der Waals surface area contributed by atoms with E-state index in [4.69, 9.17) is 11.6 Å². The monoisotopic (exact) mass is 345 g/mol. The highest BCUT2D eigenvalue weighted by molar-refractivity contribution is 6.34. The minimum absolute atomic E-state index is 0. The Morgan fingerprint density at radius 2 is 2.00 bits per heavy atom. The molecule has 1 aromatic rings. The van der Waals surface area contributed by atoms with Gasteiger partial charge in [-0.3, -0.25) is 9.59 Å². The van der Waals surface area contributed by atoms with Crippen molar-refractivity contribution in [1.29, 1.82) is 0 Å². The van der Waals surface area contributed by atoms with E-state index in [-0.39, 0.29) is 24.2 Å². The predicted octanol–water partition coefficient (Wildman–Crippen LogP) is 2.45. The largest absolute Gasteiger partial charge is 0.355 e. The highest BCUT2D eigenvalue weighted by atomic mass is 35.5. The Labute approximate surface area is 141 Å². The van der Waals surface area contributed by atoms with Gasteiger partial charge in [-0.1, -0.05) is 11.6 Å². The van der Waals surface area contributed by atoms with Crippen molar-refractivity contribution >= 4 is 41.5 Å². The summed E-state index contributed by atoms with van der Waals surface area (Å²) in [7, 11) is 1.54. The summed E-state index contributed by atoms with van der Waals surface area (Å²) in [5.74, 6) is 0.137. The number of hydrogen-bond acceptors (Lipinski definition) is 3. The van der Waals surface area contributed by atoms with Crippen LogP contribution in [0.3, 0.4) is 0 Å². The third-order valence-corrected chi connectivity index (χ3v) is 3.98. The molecule has 1 fully saturated rings. The average Bonchev–Trinajstić information content (AvgIpc) is 2.49. The van der Waals surface area contributed by atoms with Crippen LogP contribution in [-0.2, 0) is 4.79 Å². The van der Waals surface area contributed by atoms with E-state index in [2.05, 4.69) is 16.0 Å². The molecule has 1 aliphatic rings. The minimum atomic E-state index is -0.269. The maximum absolute atomic E-state index is 12.1. The van der Waals surface area contributed by atoms with E-state index in [1.165, 1.54) is 0 Å². The van der Waals surface area contributed by atoms with Crippen molar-refractivity contribution in [3.8, 4) is 0 Å². The zero-order valence-corrected chi connectivity index (χ0v) is 14.0. The van der Waals surface area contributed by atoms with Gasteiger partial charge in [-0.05, 0) is 50.0 Å². The van der Waals surface area contributed by atoms with E-state index in [0.29, 0.717) is 28.6 Å². The van der Waals surface area contributed by atoms with Crippen LogP contribution in [0.25, 0.3) is 0 Å². The second-order valence-corrected chi connectivity index (χ2v) is 5.63. The summed E-state index contributed by atoms with van der Waals surface area (Å²) in [5, 5.41) is 9.01. The number of anilines is 1. The first kappa shape index (κ1) is 18.7. The van der Waals surface area contributed by atoms with Gasteiger partial charge in [0, 0.05) is 19.2 Å². The molecule has 1 heterocycles. The molecule has 22 heavy (non-hydrogen) atoms. The number of carbonyl (C=O) groups is 2. The molecule has 0 bridgehead atoms. The first-order chi connectivity index (χ1) is 10.1. The van der Waals surface area contributed by atoms with Crippen LogP contribution < -0.4 is 16.0 Å². The van der Waals surface area contributed by atoms with Crippen molar-refractivity contribution in [2.24, 2.45) is 5.92 Å². The van der Waals surface area contributed by atoms with Crippen LogP contribution in [-0.4, -0.2) is 32.0 Å². The van der Waals surface area contributed by atoms with Crippen LogP contribution in [0.1, 0.15) is 29.6 Å². The molecule has 1 aliphatic heterocycles. The van der Waals surface area contributed by atoms with Crippen LogP contribution >= 0.6 is 24.0 Å². The molecule has 0 aliphatic carbocycles. The first-order valence-electron chi connectivity index (χ1n) is 7.12. The van der Waals surface area contributed by atoms with E-state index in [9.17, 15) is 9.59 Å². The second-order valence-electron chi connectivity index (χ2n) is 5.22. The molecule has 1 saturated heterocycles. The molecule has 0 saturated carbocycles. The lowest BCUT2D eigenvalue weighted by Crippen LogP contribution is -2.30. The van der Waals surface area contributed by atoms with Crippen molar-refractivity contribution in [2.45, 2.75) is 19.3 Å². The molecule has 2 rings (SSSR count). The molecule has 0 unspecified atom stereocenters. The molecule has 7 heteroatoms. The van der Waals surface area contributed by atoms with Crippen molar-refractivity contribution < 1.29 is 9.59 Å². The summed E-state index contributed by atoms with van der Waals surface area (Å²) in [6.45, 7) is 1.94. The van der Waals surface area contributed by atoms with Gasteiger partial charge in [0.1, 0.15) is 0 Å². The molecule has 0 spiro atoms. The third-order valence-electron chi connectivity index (χ3n) is 3.65. The summed E-state index contributed by atoms with van der Waals surface area (Å²) >= 11 is 5.98. The van der Waals surface area contributed by atoms with Gasteiger partial charge in [0.15, 0.2) is 0 Å². The first-order valence-corrected chi connectivity index (χ1v) is 7.50. The van der Waals surface area contributed by atoms with Crippen LogP contribution in [0.15, 0.2) is 18.2 Å². The number of hydrogen-bond donors (Lipinski definition) is 3. The summed E-state index contributed by atoms with van der Waals surface area (Å²) < 4.78 is 0. The molecule has 2 amide bonds. The number of halogens is 2. The minimum Gasteiger partial charge on any atom is -0.355 e. The zero-order chi connectivity index (χ0) is 15.2. The number of piperidine rings is 1. The predicted molar refractivity (Wildman–Crippen MR) is 90.9 cm³/mol. The number of carbonyl (C=O) groups excluding carboxylic acids is 2. The fourth-order valence-corrected chi connectivity index (χ4v) is 2.68. The lowest BCUT2D eigenvalue weighted by Gasteiger charge is -2.22. The SMILES string of the molecule is CNC(=O)c1cc(NC(=O)CC2CCNCC2)ccc1Cl.Cl. The Bertz CT molecular complexity index is 532. The molecule has 0 atom stereocenters. The highest BCUT2D eigenvalue weighted by Crippen LogP contribution is 2.22. The highest BCUT2D eigenvalue weighted by Gasteiger charge is 2.17. The third kappa shape index (κ3) is 5.16. The number of amides is 2. The van der Waals surface area contributed by atoms with E-state index in [1.54, 1.807) is 25.2 Å². The van der Waals surface area contributed by atoms with Gasteiger partial charge in [0.25, 0.3) is 5.91 Å². The number of rotatable bonds is 4.